The van der Waals surface area contributed by atoms with Crippen molar-refractivity contribution >= 4 is 23.7 Å². The van der Waals surface area contributed by atoms with Gasteiger partial charge in [-0.2, -0.15) is 0 Å². The number of benzene rings is 1. The zero-order valence-electron chi connectivity index (χ0n) is 20.2. The number of rotatable bonds is 3. The van der Waals surface area contributed by atoms with Crippen molar-refractivity contribution in [1.29, 1.82) is 0 Å². The van der Waals surface area contributed by atoms with Gasteiger partial charge in [-0.15, -0.1) is 0 Å². The molecule has 8 nitrogen and oxygen atoms in total. The lowest BCUT2D eigenvalue weighted by atomic mass is 9.85. The molecule has 2 aliphatic heterocycles. The van der Waals surface area contributed by atoms with Crippen LogP contribution < -0.4 is 4.90 Å². The number of fused-ring (bicyclic) bond motifs is 1. The molecule has 0 aromatic heterocycles. The van der Waals surface area contributed by atoms with E-state index >= 15 is 0 Å². The Bertz CT molecular complexity index is 892. The highest BCUT2D eigenvalue weighted by atomic mass is 16.6. The van der Waals surface area contributed by atoms with Crippen LogP contribution in [0.4, 0.5) is 10.5 Å². The summed E-state index contributed by atoms with van der Waals surface area (Å²) < 4.78 is 10.5. The van der Waals surface area contributed by atoms with Crippen LogP contribution in [0.25, 0.3) is 0 Å². The fourth-order valence-corrected chi connectivity index (χ4v) is 4.25. The molecule has 0 aliphatic carbocycles. The Hall–Kier alpha value is -2.77. The summed E-state index contributed by atoms with van der Waals surface area (Å²) in [6.45, 7) is 14.2. The number of hydrogen-bond acceptors (Lipinski definition) is 6. The van der Waals surface area contributed by atoms with E-state index in [0.717, 1.165) is 11.3 Å². The van der Waals surface area contributed by atoms with Gasteiger partial charge < -0.3 is 24.2 Å². The molecule has 176 valence electrons. The summed E-state index contributed by atoms with van der Waals surface area (Å²) in [6, 6.07) is 5.20. The molecule has 2 aliphatic rings. The van der Waals surface area contributed by atoms with Crippen LogP contribution in [0.5, 0.6) is 0 Å². The molecule has 1 atom stereocenters. The number of piperazine rings is 1. The molecular formula is C24H35N3O5. The van der Waals surface area contributed by atoms with Crippen LogP contribution in [-0.4, -0.2) is 72.7 Å². The minimum absolute atomic E-state index is 0.153. The Balaban J connectivity index is 1.72. The normalized spacial score (nSPS) is 17.8. The van der Waals surface area contributed by atoms with Crippen molar-refractivity contribution in [2.75, 3.05) is 38.2 Å². The van der Waals surface area contributed by atoms with Crippen molar-refractivity contribution < 1.29 is 23.9 Å². The minimum Gasteiger partial charge on any atom is -0.467 e. The molecule has 0 saturated carbocycles. The number of ether oxygens (including phenoxy) is 2. The third kappa shape index (κ3) is 5.00. The first kappa shape index (κ1) is 23.9. The van der Waals surface area contributed by atoms with E-state index < -0.39 is 23.0 Å². The van der Waals surface area contributed by atoms with Crippen molar-refractivity contribution in [2.24, 2.45) is 5.41 Å². The number of esters is 1. The van der Waals surface area contributed by atoms with Gasteiger partial charge in [0.25, 0.3) is 5.91 Å². The van der Waals surface area contributed by atoms with Gasteiger partial charge in [0.15, 0.2) is 0 Å². The Labute approximate surface area is 190 Å². The predicted octanol–water partition coefficient (Wildman–Crippen LogP) is 3.29. The van der Waals surface area contributed by atoms with Gasteiger partial charge in [0.05, 0.1) is 7.11 Å². The van der Waals surface area contributed by atoms with Crippen molar-refractivity contribution in [3.63, 3.8) is 0 Å². The zero-order valence-corrected chi connectivity index (χ0v) is 20.2. The van der Waals surface area contributed by atoms with Crippen molar-refractivity contribution in [3.05, 3.63) is 29.3 Å². The SMILES string of the molecule is COC(=O)[C@@H](N1Cc2ccc(N3CCN(C(=O)OC(C)(C)C)CC3)cc2C1=O)C(C)(C)C. The molecule has 3 rings (SSSR count). The largest absolute Gasteiger partial charge is 0.467 e. The molecule has 0 spiro atoms. The first-order valence-electron chi connectivity index (χ1n) is 11.1. The Morgan fingerprint density at radius 3 is 2.16 bits per heavy atom. The van der Waals surface area contributed by atoms with Gasteiger partial charge in [0.2, 0.25) is 0 Å². The highest BCUT2D eigenvalue weighted by Crippen LogP contribution is 2.34. The van der Waals surface area contributed by atoms with Crippen LogP contribution in [0, 0.1) is 5.41 Å². The van der Waals surface area contributed by atoms with Crippen LogP contribution in [-0.2, 0) is 20.8 Å². The van der Waals surface area contributed by atoms with Gasteiger partial charge in [-0.25, -0.2) is 9.59 Å². The van der Waals surface area contributed by atoms with Crippen LogP contribution in [0.2, 0.25) is 0 Å². The Kier molecular flexibility index (Phi) is 6.45. The number of carbonyl (C=O) groups is 3. The number of anilines is 1. The molecule has 2 heterocycles. The minimum atomic E-state index is -0.659. The smallest absolute Gasteiger partial charge is 0.410 e. The first-order valence-corrected chi connectivity index (χ1v) is 11.1. The Morgan fingerprint density at radius 2 is 1.62 bits per heavy atom. The van der Waals surface area contributed by atoms with E-state index in [2.05, 4.69) is 4.90 Å². The number of nitrogens with zero attached hydrogens (tertiary/aromatic N) is 3. The van der Waals surface area contributed by atoms with Gasteiger partial charge in [-0.1, -0.05) is 26.8 Å². The quantitative estimate of drug-likeness (QED) is 0.665. The summed E-state index contributed by atoms with van der Waals surface area (Å²) >= 11 is 0. The van der Waals surface area contributed by atoms with E-state index in [1.807, 2.05) is 59.7 Å². The summed E-state index contributed by atoms with van der Waals surface area (Å²) in [5.41, 5.74) is 1.49. The maximum atomic E-state index is 13.2. The van der Waals surface area contributed by atoms with Crippen molar-refractivity contribution in [1.82, 2.24) is 9.80 Å². The lowest BCUT2D eigenvalue weighted by molar-refractivity contribution is -0.150. The van der Waals surface area contributed by atoms with Crippen LogP contribution >= 0.6 is 0 Å². The molecule has 1 aromatic rings. The lowest BCUT2D eigenvalue weighted by Crippen LogP contribution is -2.50. The molecule has 1 fully saturated rings. The standard InChI is InChI=1S/C24H35N3O5/c1-23(2,3)19(21(29)31-7)27-15-16-8-9-17(14-18(16)20(27)28)25-10-12-26(13-11-25)22(30)32-24(4,5)6/h8-9,14,19H,10-13,15H2,1-7H3/t19-/m1/s1. The first-order chi connectivity index (χ1) is 14.8. The summed E-state index contributed by atoms with van der Waals surface area (Å²) in [7, 11) is 1.35. The predicted molar refractivity (Wildman–Crippen MR) is 122 cm³/mol. The molecule has 0 N–H and O–H groups in total. The maximum Gasteiger partial charge on any atom is 0.410 e. The molecule has 32 heavy (non-hydrogen) atoms. The van der Waals surface area contributed by atoms with E-state index in [1.54, 1.807) is 9.80 Å². The average Bonchev–Trinajstić information content (AvgIpc) is 3.01. The summed E-state index contributed by atoms with van der Waals surface area (Å²) in [4.78, 5) is 43.5. The number of methoxy groups -OCH3 is 1. The van der Waals surface area contributed by atoms with E-state index in [0.29, 0.717) is 38.3 Å². The van der Waals surface area contributed by atoms with Gasteiger partial charge in [-0.3, -0.25) is 4.79 Å². The highest BCUT2D eigenvalue weighted by molar-refractivity contribution is 6.01. The van der Waals surface area contributed by atoms with Crippen molar-refractivity contribution in [3.8, 4) is 0 Å². The summed E-state index contributed by atoms with van der Waals surface area (Å²) in [6.07, 6.45) is -0.298. The second-order valence-electron chi connectivity index (χ2n) is 10.5. The molecule has 1 aromatic carbocycles. The average molecular weight is 446 g/mol. The van der Waals surface area contributed by atoms with Crippen LogP contribution in [0.1, 0.15) is 57.5 Å². The van der Waals surface area contributed by atoms with E-state index in [9.17, 15) is 14.4 Å². The van der Waals surface area contributed by atoms with E-state index in [-0.39, 0.29) is 12.0 Å². The molecule has 1 saturated heterocycles. The third-order valence-electron chi connectivity index (χ3n) is 5.78. The Morgan fingerprint density at radius 1 is 1.00 bits per heavy atom. The topological polar surface area (TPSA) is 79.4 Å². The fourth-order valence-electron chi connectivity index (χ4n) is 4.25. The number of carbonyl (C=O) groups excluding carboxylic acids is 3. The number of hydrogen-bond donors (Lipinski definition) is 0. The molecule has 0 bridgehead atoms. The summed E-state index contributed by atoms with van der Waals surface area (Å²) in [5, 5.41) is 0. The van der Waals surface area contributed by atoms with Gasteiger partial charge in [0, 0.05) is 44.0 Å². The second kappa shape index (κ2) is 8.64. The van der Waals surface area contributed by atoms with Gasteiger partial charge in [-0.05, 0) is 43.9 Å². The fraction of sp³-hybridized carbons (Fsp3) is 0.625. The summed E-state index contributed by atoms with van der Waals surface area (Å²) in [5.74, 6) is -0.559. The highest BCUT2D eigenvalue weighted by Gasteiger charge is 2.43. The van der Waals surface area contributed by atoms with E-state index in [4.69, 9.17) is 9.47 Å². The molecular weight excluding hydrogens is 410 g/mol. The van der Waals surface area contributed by atoms with Crippen molar-refractivity contribution in [2.45, 2.75) is 59.7 Å². The zero-order chi connectivity index (χ0) is 23.8. The van der Waals surface area contributed by atoms with Gasteiger partial charge >= 0.3 is 12.1 Å². The van der Waals surface area contributed by atoms with Crippen LogP contribution in [0.15, 0.2) is 18.2 Å². The molecule has 0 radical (unpaired) electrons. The monoisotopic (exact) mass is 445 g/mol. The maximum absolute atomic E-state index is 13.2. The molecule has 8 heteroatoms. The van der Waals surface area contributed by atoms with Gasteiger partial charge in [0.1, 0.15) is 11.6 Å². The second-order valence-corrected chi connectivity index (χ2v) is 10.5. The molecule has 2 amide bonds. The third-order valence-corrected chi connectivity index (χ3v) is 5.78. The van der Waals surface area contributed by atoms with E-state index in [1.165, 1.54) is 7.11 Å². The van der Waals surface area contributed by atoms with Crippen LogP contribution in [0.3, 0.4) is 0 Å². The molecule has 0 unspecified atom stereocenters. The number of amides is 2. The lowest BCUT2D eigenvalue weighted by Gasteiger charge is -2.36.